The second-order valence-electron chi connectivity index (χ2n) is 10.1. The Morgan fingerprint density at radius 3 is 2.08 bits per heavy atom. The lowest BCUT2D eigenvalue weighted by Gasteiger charge is -2.34. The third-order valence-corrected chi connectivity index (χ3v) is 10.00. The SMILES string of the molecule is Cc1ccc(C(=O)C2C(c3sccc3C)C(C(=O)O)N(C(=O)C3CCCCC3)C2c2sccc2C)o1. The Morgan fingerprint density at radius 1 is 0.917 bits per heavy atom. The molecule has 0 radical (unpaired) electrons. The molecular formula is C28H31NO5S2. The average Bonchev–Trinajstić information content (AvgIpc) is 3.64. The quantitative estimate of drug-likeness (QED) is 0.370. The van der Waals surface area contributed by atoms with Crippen LogP contribution in [-0.4, -0.2) is 33.7 Å². The summed E-state index contributed by atoms with van der Waals surface area (Å²) in [4.78, 5) is 44.7. The Hall–Kier alpha value is -2.71. The molecule has 4 unspecified atom stereocenters. The summed E-state index contributed by atoms with van der Waals surface area (Å²) < 4.78 is 5.76. The minimum atomic E-state index is -1.13. The molecule has 190 valence electrons. The minimum absolute atomic E-state index is 0.134. The fraction of sp³-hybridized carbons (Fsp3) is 0.464. The van der Waals surface area contributed by atoms with E-state index in [1.807, 2.05) is 36.7 Å². The van der Waals surface area contributed by atoms with Crippen molar-refractivity contribution < 1.29 is 23.9 Å². The lowest BCUT2D eigenvalue weighted by Crippen LogP contribution is -2.46. The molecule has 1 aliphatic heterocycles. The number of nitrogens with zero attached hydrogens (tertiary/aromatic N) is 1. The molecule has 4 atom stereocenters. The average molecular weight is 526 g/mol. The molecule has 1 N–H and O–H groups in total. The molecule has 4 heterocycles. The number of carboxylic acid groups (broad SMARTS) is 1. The minimum Gasteiger partial charge on any atom is -0.480 e. The van der Waals surface area contributed by atoms with E-state index in [2.05, 4.69) is 0 Å². The van der Waals surface area contributed by atoms with E-state index >= 15 is 0 Å². The van der Waals surface area contributed by atoms with Crippen molar-refractivity contribution in [1.82, 2.24) is 4.90 Å². The van der Waals surface area contributed by atoms with Crippen molar-refractivity contribution in [1.29, 1.82) is 0 Å². The third-order valence-electron chi connectivity index (χ3n) is 7.79. The van der Waals surface area contributed by atoms with Gasteiger partial charge in [0, 0.05) is 21.6 Å². The summed E-state index contributed by atoms with van der Waals surface area (Å²) >= 11 is 2.95. The monoisotopic (exact) mass is 525 g/mol. The van der Waals surface area contributed by atoms with Crippen LogP contribution in [0, 0.1) is 32.6 Å². The zero-order chi connectivity index (χ0) is 25.6. The number of aryl methyl sites for hydroxylation is 3. The maximum Gasteiger partial charge on any atom is 0.327 e. The number of furan rings is 1. The van der Waals surface area contributed by atoms with E-state index in [4.69, 9.17) is 4.42 Å². The highest BCUT2D eigenvalue weighted by molar-refractivity contribution is 7.10. The van der Waals surface area contributed by atoms with Crippen molar-refractivity contribution in [3.8, 4) is 0 Å². The summed E-state index contributed by atoms with van der Waals surface area (Å²) in [5, 5.41) is 14.5. The van der Waals surface area contributed by atoms with Gasteiger partial charge >= 0.3 is 5.97 Å². The van der Waals surface area contributed by atoms with Gasteiger partial charge in [0.05, 0.1) is 12.0 Å². The number of carboxylic acids is 1. The molecule has 6 nitrogen and oxygen atoms in total. The van der Waals surface area contributed by atoms with E-state index in [1.165, 1.54) is 22.7 Å². The number of likely N-dealkylation sites (tertiary alicyclic amines) is 1. The fourth-order valence-corrected chi connectivity index (χ4v) is 8.24. The van der Waals surface area contributed by atoms with Gasteiger partial charge in [-0.05, 0) is 79.8 Å². The van der Waals surface area contributed by atoms with Crippen molar-refractivity contribution in [2.75, 3.05) is 0 Å². The number of thiophene rings is 2. The van der Waals surface area contributed by atoms with E-state index in [0.29, 0.717) is 5.76 Å². The van der Waals surface area contributed by atoms with Crippen LogP contribution >= 0.6 is 22.7 Å². The summed E-state index contributed by atoms with van der Waals surface area (Å²) in [5.41, 5.74) is 1.91. The van der Waals surface area contributed by atoms with Crippen molar-refractivity contribution in [2.45, 2.75) is 70.9 Å². The fourth-order valence-electron chi connectivity index (χ4n) is 6.07. The standard InChI is InChI=1S/C28H31NO5S2/c1-15-11-13-35-25(15)21-20(24(30)19-10-9-17(3)34-19)22(26-16(2)12-14-36-26)29(23(21)28(32)33)27(31)18-7-5-4-6-8-18/h9-14,18,20-23H,4-8H2,1-3H3,(H,32,33). The number of amides is 1. The van der Waals surface area contributed by atoms with Crippen LogP contribution in [0.25, 0.3) is 0 Å². The van der Waals surface area contributed by atoms with E-state index < -0.39 is 29.9 Å². The van der Waals surface area contributed by atoms with Gasteiger partial charge in [-0.25, -0.2) is 4.79 Å². The Balaban J connectivity index is 1.73. The molecule has 3 aromatic heterocycles. The molecule has 0 spiro atoms. The molecule has 5 rings (SSSR count). The lowest BCUT2D eigenvalue weighted by atomic mass is 9.80. The predicted octanol–water partition coefficient (Wildman–Crippen LogP) is 6.53. The molecule has 1 saturated heterocycles. The van der Waals surface area contributed by atoms with Gasteiger partial charge in [-0.1, -0.05) is 19.3 Å². The normalized spacial score (nSPS) is 24.8. The summed E-state index contributed by atoms with van der Waals surface area (Å²) in [7, 11) is 0. The van der Waals surface area contributed by atoms with E-state index in [1.54, 1.807) is 24.0 Å². The molecule has 1 aliphatic carbocycles. The molecule has 8 heteroatoms. The van der Waals surface area contributed by atoms with Gasteiger partial charge in [-0.3, -0.25) is 9.59 Å². The van der Waals surface area contributed by atoms with Crippen molar-refractivity contribution in [2.24, 2.45) is 11.8 Å². The second kappa shape index (κ2) is 9.98. The first-order valence-corrected chi connectivity index (χ1v) is 14.3. The summed E-state index contributed by atoms with van der Waals surface area (Å²) in [6.45, 7) is 5.69. The molecule has 0 bridgehead atoms. The van der Waals surface area contributed by atoms with Gasteiger partial charge in [-0.2, -0.15) is 0 Å². The number of ketones is 1. The zero-order valence-electron chi connectivity index (χ0n) is 20.7. The van der Waals surface area contributed by atoms with Crippen LogP contribution in [0.2, 0.25) is 0 Å². The predicted molar refractivity (Wildman–Crippen MR) is 140 cm³/mol. The Kier molecular flexibility index (Phi) is 6.92. The summed E-state index contributed by atoms with van der Waals surface area (Å²) in [5.74, 6) is -2.26. The Bertz CT molecular complexity index is 1280. The Morgan fingerprint density at radius 2 is 1.56 bits per heavy atom. The van der Waals surface area contributed by atoms with E-state index in [0.717, 1.165) is 53.0 Å². The molecule has 1 saturated carbocycles. The Labute approximate surface area is 218 Å². The van der Waals surface area contributed by atoms with Gasteiger partial charge in [-0.15, -0.1) is 22.7 Å². The van der Waals surface area contributed by atoms with Gasteiger partial charge in [0.1, 0.15) is 11.8 Å². The van der Waals surface area contributed by atoms with Crippen LogP contribution in [0.15, 0.2) is 39.4 Å². The number of carbonyl (C=O) groups is 3. The molecule has 1 amide bonds. The highest BCUT2D eigenvalue weighted by atomic mass is 32.1. The van der Waals surface area contributed by atoms with Gasteiger partial charge < -0.3 is 14.4 Å². The van der Waals surface area contributed by atoms with Crippen molar-refractivity contribution >= 4 is 40.3 Å². The summed E-state index contributed by atoms with van der Waals surface area (Å²) in [6, 6.07) is 5.54. The smallest absolute Gasteiger partial charge is 0.327 e. The van der Waals surface area contributed by atoms with Crippen molar-refractivity contribution in [3.63, 3.8) is 0 Å². The number of carbonyl (C=O) groups excluding carboxylic acids is 2. The molecule has 2 aliphatic rings. The van der Waals surface area contributed by atoms with Crippen LogP contribution < -0.4 is 0 Å². The first kappa shape index (κ1) is 25.0. The lowest BCUT2D eigenvalue weighted by molar-refractivity contribution is -0.152. The van der Waals surface area contributed by atoms with Crippen LogP contribution in [0.3, 0.4) is 0 Å². The second-order valence-corrected chi connectivity index (χ2v) is 12.0. The maximum atomic E-state index is 14.2. The third kappa shape index (κ3) is 4.24. The number of hydrogen-bond donors (Lipinski definition) is 1. The van der Waals surface area contributed by atoms with Gasteiger partial charge in [0.2, 0.25) is 11.7 Å². The van der Waals surface area contributed by atoms with Crippen LogP contribution in [0.1, 0.15) is 81.3 Å². The largest absolute Gasteiger partial charge is 0.480 e. The highest BCUT2D eigenvalue weighted by Crippen LogP contribution is 2.55. The van der Waals surface area contributed by atoms with E-state index in [9.17, 15) is 19.5 Å². The molecule has 36 heavy (non-hydrogen) atoms. The molecular weight excluding hydrogens is 494 g/mol. The summed E-state index contributed by atoms with van der Waals surface area (Å²) in [6.07, 6.45) is 4.54. The number of Topliss-reactive ketones (excluding diaryl/α,β-unsaturated/α-hetero) is 1. The van der Waals surface area contributed by atoms with Crippen LogP contribution in [0.5, 0.6) is 0 Å². The number of hydrogen-bond acceptors (Lipinski definition) is 6. The molecule has 3 aromatic rings. The number of aliphatic carboxylic acids is 1. The highest BCUT2D eigenvalue weighted by Gasteiger charge is 2.59. The molecule has 2 fully saturated rings. The van der Waals surface area contributed by atoms with Gasteiger partial charge in [0.15, 0.2) is 5.76 Å². The van der Waals surface area contributed by atoms with Crippen molar-refractivity contribution in [3.05, 3.63) is 67.4 Å². The maximum absolute atomic E-state index is 14.2. The van der Waals surface area contributed by atoms with Crippen LogP contribution in [-0.2, 0) is 9.59 Å². The first-order chi connectivity index (χ1) is 17.3. The van der Waals surface area contributed by atoms with Gasteiger partial charge in [0.25, 0.3) is 0 Å². The molecule has 0 aromatic carbocycles. The van der Waals surface area contributed by atoms with Crippen LogP contribution in [0.4, 0.5) is 0 Å². The number of rotatable bonds is 6. The first-order valence-electron chi connectivity index (χ1n) is 12.5. The zero-order valence-corrected chi connectivity index (χ0v) is 22.4. The topological polar surface area (TPSA) is 87.8 Å². The van der Waals surface area contributed by atoms with E-state index in [-0.39, 0.29) is 23.4 Å².